The molecular weight excluding hydrogens is 1820 g/mol. The molecule has 28 heteroatoms. The van der Waals surface area contributed by atoms with Crippen LogP contribution in [-0.2, 0) is 45.7 Å². The fourth-order valence-electron chi connectivity index (χ4n) is 20.4. The Morgan fingerprint density at radius 2 is 0.678 bits per heavy atom. The van der Waals surface area contributed by atoms with Crippen molar-refractivity contribution in [3.8, 4) is 34.5 Å². The summed E-state index contributed by atoms with van der Waals surface area (Å²) in [6.07, 6.45) is 4.98. The van der Waals surface area contributed by atoms with Crippen molar-refractivity contribution >= 4 is 81.6 Å². The van der Waals surface area contributed by atoms with Crippen LogP contribution in [0.3, 0.4) is 0 Å². The molecule has 0 saturated carbocycles. The van der Waals surface area contributed by atoms with Crippen LogP contribution in [0.1, 0.15) is 168 Å². The van der Waals surface area contributed by atoms with Crippen molar-refractivity contribution < 1.29 is 66.8 Å². The second-order valence-electron chi connectivity index (χ2n) is 37.0. The third kappa shape index (κ3) is 22.3. The Morgan fingerprint density at radius 1 is 0.329 bits per heavy atom. The molecule has 8 aliphatic rings. The maximum absolute atomic E-state index is 13.6. The number of ether oxygens (including phenoxy) is 6. The Hall–Kier alpha value is -14.7. The van der Waals surface area contributed by atoms with Gasteiger partial charge in [-0.15, -0.1) is 0 Å². The molecular formula is C115H122ClN13O14. The molecule has 9 heterocycles. The van der Waals surface area contributed by atoms with Gasteiger partial charge < -0.3 is 48.0 Å². The van der Waals surface area contributed by atoms with E-state index < -0.39 is 0 Å². The van der Waals surface area contributed by atoms with Gasteiger partial charge in [0.05, 0.1) is 129 Å². The molecule has 11 aromatic carbocycles. The molecule has 4 fully saturated rings. The highest BCUT2D eigenvalue weighted by Crippen LogP contribution is 2.42. The number of carbonyl (C=O) groups is 8. The fraction of sp³-hybridized carbons (Fsp3) is 0.313. The monoisotopic (exact) mass is 1940 g/mol. The molecule has 0 N–H and O–H groups in total. The number of imide groups is 4. The van der Waals surface area contributed by atoms with Crippen LogP contribution in [-0.4, -0.2) is 244 Å². The summed E-state index contributed by atoms with van der Waals surface area (Å²) in [5.74, 6) is 1.65. The Morgan fingerprint density at radius 3 is 1.09 bits per heavy atom. The first-order chi connectivity index (χ1) is 69.6. The molecule has 0 bridgehead atoms. The molecule has 12 aromatic rings. The minimum absolute atomic E-state index is 0.166. The molecule has 3 atom stereocenters. The Bertz CT molecular complexity index is 6590. The third-order valence-corrected chi connectivity index (χ3v) is 28.2. The number of anilines is 4. The Balaban J connectivity index is 0.000000131. The van der Waals surface area contributed by atoms with E-state index in [0.717, 1.165) is 168 Å². The molecule has 4 saturated heterocycles. The fourth-order valence-corrected chi connectivity index (χ4v) is 20.6. The highest BCUT2D eigenvalue weighted by Gasteiger charge is 2.45. The maximum atomic E-state index is 13.6. The van der Waals surface area contributed by atoms with Crippen LogP contribution in [0.2, 0.25) is 5.02 Å². The number of fused-ring (bicyclic) bond motifs is 4. The lowest BCUT2D eigenvalue weighted by molar-refractivity contribution is 0.0627. The van der Waals surface area contributed by atoms with E-state index in [1.54, 1.807) is 96.5 Å². The first-order valence-corrected chi connectivity index (χ1v) is 49.4. The maximum Gasteiger partial charge on any atom is 0.263 e. The van der Waals surface area contributed by atoms with Crippen molar-refractivity contribution in [2.24, 2.45) is 0 Å². The molecule has 20 rings (SSSR count). The molecule has 8 aliphatic heterocycles. The number of pyridine rings is 1. The number of halogens is 1. The van der Waals surface area contributed by atoms with Crippen molar-refractivity contribution in [2.75, 3.05) is 160 Å². The van der Waals surface area contributed by atoms with E-state index in [-0.39, 0.29) is 79.0 Å². The molecule has 143 heavy (non-hydrogen) atoms. The van der Waals surface area contributed by atoms with Crippen LogP contribution in [0.25, 0.3) is 0 Å². The van der Waals surface area contributed by atoms with E-state index >= 15 is 0 Å². The minimum atomic E-state index is -0.272. The molecule has 27 nitrogen and oxygen atoms in total. The van der Waals surface area contributed by atoms with Crippen LogP contribution in [0.5, 0.6) is 34.5 Å². The van der Waals surface area contributed by atoms with E-state index in [9.17, 15) is 38.4 Å². The largest absolute Gasteiger partial charge is 0.493 e. The first kappa shape index (κ1) is 99.8. The molecule has 738 valence electrons. The van der Waals surface area contributed by atoms with Crippen LogP contribution in [0.4, 0.5) is 22.7 Å². The highest BCUT2D eigenvalue weighted by molar-refractivity contribution is 6.30. The minimum Gasteiger partial charge on any atom is -0.493 e. The van der Waals surface area contributed by atoms with Gasteiger partial charge in [-0.3, -0.25) is 82.5 Å². The van der Waals surface area contributed by atoms with Crippen LogP contribution in [0, 0.1) is 0 Å². The van der Waals surface area contributed by atoms with E-state index in [0.29, 0.717) is 105 Å². The number of hydrogen-bond acceptors (Lipinski definition) is 23. The lowest BCUT2D eigenvalue weighted by Gasteiger charge is -2.45. The van der Waals surface area contributed by atoms with Crippen molar-refractivity contribution in [1.29, 1.82) is 0 Å². The number of piperazine rings is 4. The molecule has 0 spiro atoms. The standard InChI is InChI=1S/C31H35N3O4.C30H33N3O4.C28H28ClN3O4.C26H26N4O2/c1-4-19-38-27-14-13-23(20-28(27)37-3)21-34-30(35)25-11-8-12-26(29(25)31(34)36)33-17-15-32(16-18-33)22(2)24-9-6-5-7-10-24;1-20-16-31(17-21(2)32(20)18-22-9-6-5-7-10-22)25-12-8-11-24-28(25)30(35)33(29(24)34)19-23-13-14-26(36-3)27(15-23)37-4;1-35-24-10-9-20(16-25(24)36-2)18-32-27(33)22-7-4-8-23(26(22)28(32)34)31-13-11-30(12-14-31)17-19-5-3-6-21(29)15-19;31-25-22-7-4-8-23(24(22)26(32)30(25)14-11-20-9-12-27-13-10-20)29-17-15-28(16-18-29)19-21-5-2-1-3-6-21/h5-14,20,22H,4,15-19,21H2,1-3H3;5-15,20-21H,16-19H2,1-4H3;3-10,15-16H,11-14,17-18H2,1-2H3;1-10,12-13H,11,14-19H2/t22-;20-,21+;;/m1.../s1. The Labute approximate surface area is 841 Å². The van der Waals surface area contributed by atoms with E-state index in [2.05, 4.69) is 144 Å². The number of benzene rings is 11. The van der Waals surface area contributed by atoms with Gasteiger partial charge in [-0.25, -0.2) is 0 Å². The van der Waals surface area contributed by atoms with Crippen molar-refractivity contribution in [3.63, 3.8) is 0 Å². The highest BCUT2D eigenvalue weighted by atomic mass is 35.5. The van der Waals surface area contributed by atoms with Gasteiger partial charge in [0.25, 0.3) is 47.3 Å². The van der Waals surface area contributed by atoms with Gasteiger partial charge in [0.1, 0.15) is 0 Å². The van der Waals surface area contributed by atoms with Gasteiger partial charge in [0.2, 0.25) is 0 Å². The zero-order chi connectivity index (χ0) is 99.9. The van der Waals surface area contributed by atoms with Crippen LogP contribution >= 0.6 is 11.6 Å². The lowest BCUT2D eigenvalue weighted by Crippen LogP contribution is -2.56. The summed E-state index contributed by atoms with van der Waals surface area (Å²) in [5.41, 5.74) is 15.9. The summed E-state index contributed by atoms with van der Waals surface area (Å²) in [7, 11) is 7.86. The third-order valence-electron chi connectivity index (χ3n) is 28.0. The summed E-state index contributed by atoms with van der Waals surface area (Å²) in [5, 5.41) is 0.742. The summed E-state index contributed by atoms with van der Waals surface area (Å²) in [6, 6.07) is 83.0. The smallest absolute Gasteiger partial charge is 0.263 e. The predicted molar refractivity (Wildman–Crippen MR) is 554 cm³/mol. The van der Waals surface area contributed by atoms with E-state index in [1.165, 1.54) is 41.9 Å². The van der Waals surface area contributed by atoms with Crippen LogP contribution in [0.15, 0.2) is 267 Å². The van der Waals surface area contributed by atoms with Gasteiger partial charge in [-0.05, 0) is 187 Å². The zero-order valence-corrected chi connectivity index (χ0v) is 83.3. The number of rotatable bonds is 29. The average Bonchev–Trinajstić information content (AvgIpc) is 1.62. The van der Waals surface area contributed by atoms with E-state index in [4.69, 9.17) is 40.0 Å². The van der Waals surface area contributed by atoms with Crippen molar-refractivity contribution in [1.82, 2.24) is 44.2 Å². The van der Waals surface area contributed by atoms with Gasteiger partial charge in [0.15, 0.2) is 34.5 Å². The predicted octanol–water partition coefficient (Wildman–Crippen LogP) is 17.5. The van der Waals surface area contributed by atoms with Gasteiger partial charge >= 0.3 is 0 Å². The number of methoxy groups -OCH3 is 5. The topological polar surface area (TPSA) is 244 Å². The molecule has 0 aliphatic carbocycles. The van der Waals surface area contributed by atoms with Crippen molar-refractivity contribution in [3.05, 3.63) is 361 Å². The number of nitrogens with zero attached hydrogens (tertiary/aromatic N) is 13. The quantitative estimate of drug-likeness (QED) is 0.0395. The second-order valence-corrected chi connectivity index (χ2v) is 37.4. The summed E-state index contributed by atoms with van der Waals surface area (Å²) in [6.45, 7) is 24.6. The number of aromatic nitrogens is 1. The molecule has 1 aromatic heterocycles. The molecule has 0 unspecified atom stereocenters. The van der Waals surface area contributed by atoms with Gasteiger partial charge in [-0.2, -0.15) is 0 Å². The Kier molecular flexibility index (Phi) is 32.0. The SMILES string of the molecule is CCCOc1ccc(CN2C(=O)c3cccc(N4CCN([C@H](C)c5ccccc5)CC4)c3C2=O)cc1OC.COc1ccc(CN2C(=O)c3cccc(N4CCN(Cc5cccc(Cl)c5)CC4)c3C2=O)cc1OC.COc1ccc(CN2C(=O)c3cccc(N4C[C@@H](C)N(Cc5ccccc5)[C@@H](C)C4)c3C2=O)cc1OC.O=C1c2cccc(N3CCN(Cc4ccccc4)CC3)c2C(=O)N1CCc1ccncc1. The van der Waals surface area contributed by atoms with Crippen molar-refractivity contribution in [2.45, 2.75) is 97.9 Å². The van der Waals surface area contributed by atoms with Crippen LogP contribution < -0.4 is 48.0 Å². The number of hydrogen-bond donors (Lipinski definition) is 0. The second kappa shape index (κ2) is 45.9. The van der Waals surface area contributed by atoms with Gasteiger partial charge in [0, 0.05) is 153 Å². The summed E-state index contributed by atoms with van der Waals surface area (Å²) >= 11 is 6.13. The first-order valence-electron chi connectivity index (χ1n) is 49.0. The lowest BCUT2D eigenvalue weighted by atomic mass is 10.0. The number of amides is 8. The molecule has 0 radical (unpaired) electrons. The summed E-state index contributed by atoms with van der Waals surface area (Å²) < 4.78 is 32.6. The van der Waals surface area contributed by atoms with E-state index in [1.807, 2.05) is 134 Å². The normalized spacial score (nSPS) is 17.2. The zero-order valence-electron chi connectivity index (χ0n) is 82.5. The van der Waals surface area contributed by atoms with Gasteiger partial charge in [-0.1, -0.05) is 164 Å². The summed E-state index contributed by atoms with van der Waals surface area (Å²) in [4.78, 5) is 135. The molecule has 8 amide bonds. The number of carbonyl (C=O) groups excluding carboxylic acids is 8. The average molecular weight is 1950 g/mol.